The summed E-state index contributed by atoms with van der Waals surface area (Å²) >= 11 is 0. The van der Waals surface area contributed by atoms with Crippen LogP contribution < -0.4 is 0 Å². The molecule has 60 heavy (non-hydrogen) atoms. The number of rotatable bonds is 7. The van der Waals surface area contributed by atoms with Gasteiger partial charge < -0.3 is 0 Å². The highest BCUT2D eigenvalue weighted by Gasteiger charge is 2.14. The molecule has 2 aromatic heterocycles. The van der Waals surface area contributed by atoms with Gasteiger partial charge in [0, 0.05) is 33.0 Å². The zero-order valence-corrected chi connectivity index (χ0v) is 32.6. The molecule has 0 fully saturated rings. The quantitative estimate of drug-likeness (QED) is 0.152. The van der Waals surface area contributed by atoms with E-state index < -0.39 is 0 Å². The van der Waals surface area contributed by atoms with Crippen molar-refractivity contribution in [2.24, 2.45) is 0 Å². The summed E-state index contributed by atoms with van der Waals surface area (Å²) in [6, 6.07) is 76.5. The molecule has 4 heteroatoms. The molecule has 0 atom stereocenters. The van der Waals surface area contributed by atoms with Crippen molar-refractivity contribution < 1.29 is 0 Å². The zero-order valence-electron chi connectivity index (χ0n) is 32.6. The van der Waals surface area contributed by atoms with Gasteiger partial charge in [0.25, 0.3) is 0 Å². The van der Waals surface area contributed by atoms with Gasteiger partial charge in [-0.1, -0.05) is 212 Å². The molecule has 0 spiro atoms. The molecule has 0 aliphatic carbocycles. The van der Waals surface area contributed by atoms with Crippen LogP contribution >= 0.6 is 0 Å². The lowest BCUT2D eigenvalue weighted by atomic mass is 9.97. The van der Waals surface area contributed by atoms with E-state index in [0.29, 0.717) is 17.5 Å². The Morgan fingerprint density at radius 1 is 0.200 bits per heavy atom. The monoisotopic (exact) mass is 764 g/mol. The van der Waals surface area contributed by atoms with Crippen molar-refractivity contribution in [3.8, 4) is 78.8 Å². The SMILES string of the molecule is c1ccc(-c2ccc(-c3nc(-c4ccccc4)nc(-c4ccc(-c5ccc(-c6ccc(-c7ccc8ccc9c%10ccccc%10ccc9c8n7)cc6)cc5)cc4)n3)cc2)cc1. The van der Waals surface area contributed by atoms with Gasteiger partial charge in [-0.05, 0) is 55.6 Å². The van der Waals surface area contributed by atoms with Crippen LogP contribution in [0.4, 0.5) is 0 Å². The summed E-state index contributed by atoms with van der Waals surface area (Å²) in [5.41, 5.74) is 12.8. The summed E-state index contributed by atoms with van der Waals surface area (Å²) in [4.78, 5) is 20.0. The fraction of sp³-hybridized carbons (Fsp3) is 0. The predicted molar refractivity (Wildman–Crippen MR) is 248 cm³/mol. The molecule has 0 unspecified atom stereocenters. The smallest absolute Gasteiger partial charge is 0.164 e. The summed E-state index contributed by atoms with van der Waals surface area (Å²) < 4.78 is 0. The van der Waals surface area contributed by atoms with E-state index in [4.69, 9.17) is 19.9 Å². The van der Waals surface area contributed by atoms with Crippen LogP contribution in [0, 0.1) is 0 Å². The molecule has 280 valence electrons. The summed E-state index contributed by atoms with van der Waals surface area (Å²) in [6.45, 7) is 0. The van der Waals surface area contributed by atoms with Crippen LogP contribution in [0.2, 0.25) is 0 Å². The standard InChI is InChI=1S/C56H36N4/c1-3-9-37(10-4-1)38-21-27-47(28-22-38)55-58-54(46-12-5-2-6-13-46)59-56(60-55)48-29-23-42(24-30-48)40-17-15-39(16-18-40)41-19-25-44(26-20-41)52-36-33-45-32-34-50-49-14-8-7-11-43(49)31-35-51(50)53(45)57-52/h1-36H. The molecular formula is C56H36N4. The Labute approximate surface area is 348 Å². The van der Waals surface area contributed by atoms with E-state index in [2.05, 4.69) is 182 Å². The van der Waals surface area contributed by atoms with E-state index in [1.807, 2.05) is 36.4 Å². The normalized spacial score (nSPS) is 11.3. The molecule has 9 aromatic carbocycles. The minimum Gasteiger partial charge on any atom is -0.247 e. The minimum atomic E-state index is 0.636. The van der Waals surface area contributed by atoms with Crippen molar-refractivity contribution in [2.45, 2.75) is 0 Å². The van der Waals surface area contributed by atoms with Gasteiger partial charge in [0.1, 0.15) is 0 Å². The number of hydrogen-bond donors (Lipinski definition) is 0. The molecule has 4 nitrogen and oxygen atoms in total. The highest BCUT2D eigenvalue weighted by molar-refractivity contribution is 6.16. The molecule has 2 heterocycles. The lowest BCUT2D eigenvalue weighted by Gasteiger charge is -2.10. The first-order valence-electron chi connectivity index (χ1n) is 20.2. The van der Waals surface area contributed by atoms with Crippen LogP contribution in [0.15, 0.2) is 218 Å². The Bertz CT molecular complexity index is 3310. The number of aromatic nitrogens is 4. The van der Waals surface area contributed by atoms with Crippen LogP contribution in [0.25, 0.3) is 111 Å². The average molecular weight is 765 g/mol. The molecule has 0 bridgehead atoms. The average Bonchev–Trinajstić information content (AvgIpc) is 3.34. The highest BCUT2D eigenvalue weighted by atomic mass is 15.0. The molecule has 0 aliphatic heterocycles. The van der Waals surface area contributed by atoms with Gasteiger partial charge in [-0.15, -0.1) is 0 Å². The van der Waals surface area contributed by atoms with Crippen molar-refractivity contribution in [2.75, 3.05) is 0 Å². The second kappa shape index (κ2) is 15.0. The summed E-state index contributed by atoms with van der Waals surface area (Å²) in [5, 5.41) is 6.05. The van der Waals surface area contributed by atoms with E-state index in [1.165, 1.54) is 27.1 Å². The molecule has 0 N–H and O–H groups in total. The molecule has 0 saturated heterocycles. The van der Waals surface area contributed by atoms with Gasteiger partial charge in [-0.25, -0.2) is 19.9 Å². The summed E-state index contributed by atoms with van der Waals surface area (Å²) in [6.07, 6.45) is 0. The second-order valence-electron chi connectivity index (χ2n) is 15.1. The maximum absolute atomic E-state index is 5.19. The number of hydrogen-bond acceptors (Lipinski definition) is 4. The molecule has 0 radical (unpaired) electrons. The van der Waals surface area contributed by atoms with E-state index in [0.717, 1.165) is 66.7 Å². The van der Waals surface area contributed by atoms with Crippen molar-refractivity contribution in [3.63, 3.8) is 0 Å². The Kier molecular flexibility index (Phi) is 8.79. The first-order valence-corrected chi connectivity index (χ1v) is 20.2. The predicted octanol–water partition coefficient (Wildman–Crippen LogP) is 14.4. The first-order chi connectivity index (χ1) is 29.7. The Morgan fingerprint density at radius 2 is 0.567 bits per heavy atom. The van der Waals surface area contributed by atoms with Crippen LogP contribution in [0.3, 0.4) is 0 Å². The van der Waals surface area contributed by atoms with Gasteiger partial charge >= 0.3 is 0 Å². The van der Waals surface area contributed by atoms with Crippen LogP contribution in [0.5, 0.6) is 0 Å². The minimum absolute atomic E-state index is 0.636. The molecular weight excluding hydrogens is 729 g/mol. The van der Waals surface area contributed by atoms with Gasteiger partial charge in [-0.2, -0.15) is 0 Å². The fourth-order valence-electron chi connectivity index (χ4n) is 8.13. The fourth-order valence-corrected chi connectivity index (χ4v) is 8.13. The van der Waals surface area contributed by atoms with Crippen molar-refractivity contribution in [1.29, 1.82) is 0 Å². The van der Waals surface area contributed by atoms with Crippen LogP contribution in [-0.4, -0.2) is 19.9 Å². The summed E-state index contributed by atoms with van der Waals surface area (Å²) in [7, 11) is 0. The van der Waals surface area contributed by atoms with Crippen molar-refractivity contribution in [1.82, 2.24) is 19.9 Å². The van der Waals surface area contributed by atoms with E-state index in [-0.39, 0.29) is 0 Å². The second-order valence-corrected chi connectivity index (χ2v) is 15.1. The van der Waals surface area contributed by atoms with E-state index >= 15 is 0 Å². The van der Waals surface area contributed by atoms with Gasteiger partial charge in [0.05, 0.1) is 11.2 Å². The lowest BCUT2D eigenvalue weighted by molar-refractivity contribution is 1.07. The number of benzene rings is 9. The van der Waals surface area contributed by atoms with Gasteiger partial charge in [-0.3, -0.25) is 0 Å². The molecule has 11 aromatic rings. The largest absolute Gasteiger partial charge is 0.247 e. The number of pyridine rings is 1. The van der Waals surface area contributed by atoms with Crippen LogP contribution in [0.1, 0.15) is 0 Å². The maximum atomic E-state index is 5.19. The topological polar surface area (TPSA) is 51.6 Å². The maximum Gasteiger partial charge on any atom is 0.164 e. The number of fused-ring (bicyclic) bond motifs is 5. The Balaban J connectivity index is 0.845. The molecule has 0 aliphatic rings. The van der Waals surface area contributed by atoms with Crippen LogP contribution in [-0.2, 0) is 0 Å². The molecule has 0 amide bonds. The van der Waals surface area contributed by atoms with Gasteiger partial charge in [0.15, 0.2) is 17.5 Å². The third kappa shape index (κ3) is 6.66. The first kappa shape index (κ1) is 35.1. The third-order valence-corrected chi connectivity index (χ3v) is 11.4. The molecule has 0 saturated carbocycles. The highest BCUT2D eigenvalue weighted by Crippen LogP contribution is 2.34. The van der Waals surface area contributed by atoms with E-state index in [9.17, 15) is 0 Å². The van der Waals surface area contributed by atoms with Crippen molar-refractivity contribution in [3.05, 3.63) is 218 Å². The Morgan fingerprint density at radius 3 is 1.10 bits per heavy atom. The third-order valence-electron chi connectivity index (χ3n) is 11.4. The zero-order chi connectivity index (χ0) is 39.8. The van der Waals surface area contributed by atoms with E-state index in [1.54, 1.807) is 0 Å². The molecule has 11 rings (SSSR count). The lowest BCUT2D eigenvalue weighted by Crippen LogP contribution is -2.00. The van der Waals surface area contributed by atoms with Gasteiger partial charge in [0.2, 0.25) is 0 Å². The number of nitrogens with zero attached hydrogens (tertiary/aromatic N) is 4. The summed E-state index contributed by atoms with van der Waals surface area (Å²) in [5.74, 6) is 1.92. The Hall–Kier alpha value is -8.08. The van der Waals surface area contributed by atoms with Crippen molar-refractivity contribution >= 4 is 32.4 Å².